The normalized spacial score (nSPS) is 18.4. The first-order chi connectivity index (χ1) is 10.2. The summed E-state index contributed by atoms with van der Waals surface area (Å²) in [6.45, 7) is 7.18. The van der Waals surface area contributed by atoms with Crippen molar-refractivity contribution in [3.8, 4) is 0 Å². The highest BCUT2D eigenvalue weighted by Crippen LogP contribution is 2.13. The summed E-state index contributed by atoms with van der Waals surface area (Å²) < 4.78 is 17.7. The van der Waals surface area contributed by atoms with Crippen LogP contribution in [-0.2, 0) is 20.8 Å². The van der Waals surface area contributed by atoms with Crippen molar-refractivity contribution in [1.29, 1.82) is 0 Å². The minimum atomic E-state index is -0.491. The van der Waals surface area contributed by atoms with Gasteiger partial charge in [-0.3, -0.25) is 0 Å². The predicted octanol–water partition coefficient (Wildman–Crippen LogP) is 1.47. The molecule has 0 spiro atoms. The predicted molar refractivity (Wildman–Crippen MR) is 74.8 cm³/mol. The van der Waals surface area contributed by atoms with Crippen LogP contribution in [0.25, 0.3) is 0 Å². The van der Waals surface area contributed by atoms with Gasteiger partial charge in [-0.2, -0.15) is 0 Å². The Hall–Kier alpha value is -1.73. The number of aromatic nitrogens is 3. The van der Waals surface area contributed by atoms with Crippen LogP contribution in [0.1, 0.15) is 35.4 Å². The molecule has 0 aromatic carbocycles. The lowest BCUT2D eigenvalue weighted by Crippen LogP contribution is -2.24. The van der Waals surface area contributed by atoms with Gasteiger partial charge in [0.2, 0.25) is 0 Å². The Kier molecular flexibility index (Phi) is 5.89. The molecule has 0 aliphatic carbocycles. The van der Waals surface area contributed by atoms with Crippen molar-refractivity contribution in [3.63, 3.8) is 0 Å². The molecule has 1 unspecified atom stereocenters. The minimum Gasteiger partial charge on any atom is -0.457 e. The number of rotatable bonds is 7. The van der Waals surface area contributed by atoms with E-state index in [9.17, 15) is 4.79 Å². The SMILES string of the molecule is C=CCOC(=O)c1nnn(CCOC2CCCCO2)c1C. The molecule has 1 aromatic rings. The van der Waals surface area contributed by atoms with Crippen LogP contribution < -0.4 is 0 Å². The third-order valence-electron chi connectivity index (χ3n) is 3.25. The van der Waals surface area contributed by atoms with Gasteiger partial charge in [-0.25, -0.2) is 9.48 Å². The molecule has 7 nitrogen and oxygen atoms in total. The van der Waals surface area contributed by atoms with E-state index in [1.807, 2.05) is 0 Å². The molecule has 0 N–H and O–H groups in total. The van der Waals surface area contributed by atoms with Gasteiger partial charge in [0.1, 0.15) is 6.61 Å². The summed E-state index contributed by atoms with van der Waals surface area (Å²) in [4.78, 5) is 11.7. The van der Waals surface area contributed by atoms with Crippen LogP contribution in [0.5, 0.6) is 0 Å². The van der Waals surface area contributed by atoms with Crippen molar-refractivity contribution in [2.45, 2.75) is 39.0 Å². The lowest BCUT2D eigenvalue weighted by Gasteiger charge is -2.22. The quantitative estimate of drug-likeness (QED) is 0.560. The maximum absolute atomic E-state index is 11.7. The van der Waals surface area contributed by atoms with Crippen LogP contribution in [0.15, 0.2) is 12.7 Å². The highest BCUT2D eigenvalue weighted by Gasteiger charge is 2.18. The lowest BCUT2D eigenvalue weighted by atomic mass is 10.2. The first-order valence-electron chi connectivity index (χ1n) is 7.13. The maximum Gasteiger partial charge on any atom is 0.361 e. The second kappa shape index (κ2) is 7.90. The number of carbonyl (C=O) groups excluding carboxylic acids is 1. The van der Waals surface area contributed by atoms with E-state index in [4.69, 9.17) is 14.2 Å². The zero-order valence-corrected chi connectivity index (χ0v) is 12.3. The molecule has 2 heterocycles. The van der Waals surface area contributed by atoms with Gasteiger partial charge >= 0.3 is 5.97 Å². The fourth-order valence-electron chi connectivity index (χ4n) is 2.08. The monoisotopic (exact) mass is 295 g/mol. The van der Waals surface area contributed by atoms with Gasteiger partial charge in [0.25, 0.3) is 0 Å². The summed E-state index contributed by atoms with van der Waals surface area (Å²) in [5.41, 5.74) is 0.892. The Balaban J connectivity index is 1.82. The lowest BCUT2D eigenvalue weighted by molar-refractivity contribution is -0.163. The zero-order valence-electron chi connectivity index (χ0n) is 12.3. The Morgan fingerprint density at radius 1 is 1.57 bits per heavy atom. The van der Waals surface area contributed by atoms with Crippen molar-refractivity contribution in [3.05, 3.63) is 24.0 Å². The first-order valence-corrected chi connectivity index (χ1v) is 7.13. The van der Waals surface area contributed by atoms with E-state index in [1.54, 1.807) is 11.6 Å². The van der Waals surface area contributed by atoms with E-state index < -0.39 is 5.97 Å². The largest absolute Gasteiger partial charge is 0.457 e. The fourth-order valence-corrected chi connectivity index (χ4v) is 2.08. The third kappa shape index (κ3) is 4.37. The van der Waals surface area contributed by atoms with Gasteiger partial charge in [0, 0.05) is 6.61 Å². The van der Waals surface area contributed by atoms with Crippen molar-refractivity contribution < 1.29 is 19.0 Å². The molecule has 0 bridgehead atoms. The summed E-state index contributed by atoms with van der Waals surface area (Å²) in [6, 6.07) is 0. The molecular formula is C14H21N3O4. The third-order valence-corrected chi connectivity index (χ3v) is 3.25. The van der Waals surface area contributed by atoms with Crippen LogP contribution >= 0.6 is 0 Å². The topological polar surface area (TPSA) is 75.5 Å². The zero-order chi connectivity index (χ0) is 15.1. The molecule has 1 aliphatic rings. The number of hydrogen-bond donors (Lipinski definition) is 0. The number of hydrogen-bond acceptors (Lipinski definition) is 6. The van der Waals surface area contributed by atoms with Crippen molar-refractivity contribution in [2.24, 2.45) is 0 Å². The molecular weight excluding hydrogens is 274 g/mol. The molecule has 0 amide bonds. The van der Waals surface area contributed by atoms with Gasteiger partial charge < -0.3 is 14.2 Å². The Labute approximate surface area is 123 Å². The van der Waals surface area contributed by atoms with Crippen LogP contribution in [0.3, 0.4) is 0 Å². The highest BCUT2D eigenvalue weighted by molar-refractivity contribution is 5.88. The van der Waals surface area contributed by atoms with Gasteiger partial charge in [-0.05, 0) is 26.2 Å². The number of ether oxygens (including phenoxy) is 3. The molecule has 2 rings (SSSR count). The van der Waals surface area contributed by atoms with Crippen molar-refractivity contribution in [2.75, 3.05) is 19.8 Å². The average molecular weight is 295 g/mol. The van der Waals surface area contributed by atoms with Crippen LogP contribution in [0.2, 0.25) is 0 Å². The first kappa shape index (κ1) is 15.7. The van der Waals surface area contributed by atoms with Gasteiger partial charge in [0.05, 0.1) is 18.8 Å². The van der Waals surface area contributed by atoms with E-state index in [0.29, 0.717) is 18.8 Å². The van der Waals surface area contributed by atoms with E-state index in [1.165, 1.54) is 6.08 Å². The molecule has 1 saturated heterocycles. The summed E-state index contributed by atoms with van der Waals surface area (Å²) in [5.74, 6) is -0.491. The summed E-state index contributed by atoms with van der Waals surface area (Å²) >= 11 is 0. The number of nitrogens with zero attached hydrogens (tertiary/aromatic N) is 3. The van der Waals surface area contributed by atoms with Crippen LogP contribution in [0, 0.1) is 6.92 Å². The standard InChI is InChI=1S/C14H21N3O4/c1-3-8-21-14(18)13-11(2)17(16-15-13)7-10-20-12-6-4-5-9-19-12/h3,12H,1,4-10H2,2H3. The molecule has 116 valence electrons. The van der Waals surface area contributed by atoms with Crippen LogP contribution in [-0.4, -0.2) is 47.1 Å². The smallest absolute Gasteiger partial charge is 0.361 e. The summed E-state index contributed by atoms with van der Waals surface area (Å²) in [7, 11) is 0. The Morgan fingerprint density at radius 2 is 2.43 bits per heavy atom. The average Bonchev–Trinajstić information content (AvgIpc) is 2.87. The molecule has 1 aliphatic heterocycles. The highest BCUT2D eigenvalue weighted by atomic mass is 16.7. The van der Waals surface area contributed by atoms with Gasteiger partial charge in [0.15, 0.2) is 12.0 Å². The second-order valence-electron chi connectivity index (χ2n) is 4.80. The maximum atomic E-state index is 11.7. The minimum absolute atomic E-state index is 0.125. The van der Waals surface area contributed by atoms with Gasteiger partial charge in [-0.15, -0.1) is 5.10 Å². The molecule has 1 atom stereocenters. The summed E-state index contributed by atoms with van der Waals surface area (Å²) in [5, 5.41) is 7.80. The Morgan fingerprint density at radius 3 is 3.14 bits per heavy atom. The van der Waals surface area contributed by atoms with E-state index in [-0.39, 0.29) is 18.6 Å². The molecule has 21 heavy (non-hydrogen) atoms. The van der Waals surface area contributed by atoms with E-state index in [2.05, 4.69) is 16.9 Å². The molecule has 0 radical (unpaired) electrons. The van der Waals surface area contributed by atoms with E-state index >= 15 is 0 Å². The number of esters is 1. The molecule has 1 aromatic heterocycles. The second-order valence-corrected chi connectivity index (χ2v) is 4.80. The molecule has 7 heteroatoms. The molecule has 1 fully saturated rings. The van der Waals surface area contributed by atoms with Crippen molar-refractivity contribution in [1.82, 2.24) is 15.0 Å². The van der Waals surface area contributed by atoms with Crippen molar-refractivity contribution >= 4 is 5.97 Å². The van der Waals surface area contributed by atoms with Crippen LogP contribution in [0.4, 0.5) is 0 Å². The summed E-state index contributed by atoms with van der Waals surface area (Å²) in [6.07, 6.45) is 4.54. The fraction of sp³-hybridized carbons (Fsp3) is 0.643. The molecule has 0 saturated carbocycles. The number of carbonyl (C=O) groups is 1. The van der Waals surface area contributed by atoms with E-state index in [0.717, 1.165) is 25.9 Å². The Bertz CT molecular complexity index is 481. The van der Waals surface area contributed by atoms with Gasteiger partial charge in [-0.1, -0.05) is 17.9 Å².